The number of anilines is 1. The summed E-state index contributed by atoms with van der Waals surface area (Å²) in [5, 5.41) is 0. The van der Waals surface area contributed by atoms with Crippen LogP contribution in [0.4, 0.5) is 10.7 Å². The molecule has 2 rings (SSSR count). The molecule has 1 saturated heterocycles. The van der Waals surface area contributed by atoms with E-state index in [9.17, 15) is 9.59 Å². The average molecular weight is 394 g/mol. The lowest BCUT2D eigenvalue weighted by molar-refractivity contribution is 0.0237. The van der Waals surface area contributed by atoms with Crippen molar-refractivity contribution in [2.24, 2.45) is 0 Å². The van der Waals surface area contributed by atoms with E-state index < -0.39 is 11.6 Å². The molecule has 9 heteroatoms. The Balaban J connectivity index is 2.11. The number of carbonyl (C=O) groups is 2. The lowest BCUT2D eigenvalue weighted by Gasteiger charge is -2.28. The Labute approximate surface area is 166 Å². The molecule has 1 fully saturated rings. The van der Waals surface area contributed by atoms with Crippen LogP contribution in [0.1, 0.15) is 51.4 Å². The van der Waals surface area contributed by atoms with Gasteiger partial charge in [-0.1, -0.05) is 0 Å². The van der Waals surface area contributed by atoms with Crippen molar-refractivity contribution >= 4 is 18.0 Å². The van der Waals surface area contributed by atoms with E-state index in [1.54, 1.807) is 18.9 Å². The molecule has 1 aliphatic heterocycles. The van der Waals surface area contributed by atoms with Crippen LogP contribution in [0.3, 0.4) is 0 Å². The number of hydrogen-bond donors (Lipinski definition) is 0. The Hall–Kier alpha value is -2.58. The predicted molar refractivity (Wildman–Crippen MR) is 104 cm³/mol. The number of hydrogen-bond acceptors (Lipinski definition) is 8. The number of likely N-dealkylation sites (N-methyl/N-ethyl adjacent to an activating group) is 1. The molecule has 1 aliphatic rings. The number of rotatable bonds is 6. The van der Waals surface area contributed by atoms with Gasteiger partial charge in [-0.15, -0.1) is 0 Å². The van der Waals surface area contributed by atoms with Gasteiger partial charge in [0, 0.05) is 20.1 Å². The molecular weight excluding hydrogens is 364 g/mol. The van der Waals surface area contributed by atoms with Crippen molar-refractivity contribution in [2.75, 3.05) is 38.3 Å². The zero-order chi connectivity index (χ0) is 20.9. The van der Waals surface area contributed by atoms with Crippen molar-refractivity contribution < 1.29 is 23.8 Å². The topological polar surface area (TPSA) is 94.1 Å². The van der Waals surface area contributed by atoms with Crippen molar-refractivity contribution in [3.63, 3.8) is 0 Å². The van der Waals surface area contributed by atoms with E-state index in [-0.39, 0.29) is 30.2 Å². The van der Waals surface area contributed by atoms with Gasteiger partial charge in [-0.3, -0.25) is 0 Å². The zero-order valence-electron chi connectivity index (χ0n) is 17.5. The van der Waals surface area contributed by atoms with Crippen LogP contribution >= 0.6 is 0 Å². The second-order valence-electron chi connectivity index (χ2n) is 7.52. The van der Waals surface area contributed by atoms with Crippen LogP contribution in [0, 0.1) is 0 Å². The minimum atomic E-state index is -0.540. The largest absolute Gasteiger partial charge is 0.477 e. The van der Waals surface area contributed by atoms with Gasteiger partial charge in [0.1, 0.15) is 11.2 Å². The van der Waals surface area contributed by atoms with Crippen molar-refractivity contribution in [3.8, 4) is 5.88 Å². The summed E-state index contributed by atoms with van der Waals surface area (Å²) in [4.78, 5) is 36.6. The molecule has 1 aromatic rings. The minimum Gasteiger partial charge on any atom is -0.477 e. The highest BCUT2D eigenvalue weighted by Crippen LogP contribution is 2.24. The molecule has 0 unspecified atom stereocenters. The van der Waals surface area contributed by atoms with Crippen LogP contribution in [0.25, 0.3) is 0 Å². The summed E-state index contributed by atoms with van der Waals surface area (Å²) in [6.45, 7) is 11.0. The number of carbonyl (C=O) groups excluding carboxylic acids is 2. The molecule has 2 heterocycles. The highest BCUT2D eigenvalue weighted by Gasteiger charge is 2.32. The Morgan fingerprint density at radius 2 is 2.00 bits per heavy atom. The molecule has 1 atom stereocenters. The second kappa shape index (κ2) is 9.07. The fourth-order valence-corrected chi connectivity index (χ4v) is 2.83. The zero-order valence-corrected chi connectivity index (χ0v) is 17.5. The van der Waals surface area contributed by atoms with Gasteiger partial charge in [0.2, 0.25) is 11.8 Å². The van der Waals surface area contributed by atoms with E-state index in [0.717, 1.165) is 6.42 Å². The lowest BCUT2D eigenvalue weighted by atomic mass is 10.2. The molecule has 0 spiro atoms. The van der Waals surface area contributed by atoms with Crippen molar-refractivity contribution in [1.29, 1.82) is 0 Å². The van der Waals surface area contributed by atoms with Crippen LogP contribution in [0.15, 0.2) is 6.20 Å². The molecule has 1 aromatic heterocycles. The fourth-order valence-electron chi connectivity index (χ4n) is 2.83. The molecule has 0 N–H and O–H groups in total. The Kier molecular flexibility index (Phi) is 7.04. The van der Waals surface area contributed by atoms with E-state index in [2.05, 4.69) is 9.97 Å². The van der Waals surface area contributed by atoms with Gasteiger partial charge < -0.3 is 24.0 Å². The van der Waals surface area contributed by atoms with Crippen molar-refractivity contribution in [1.82, 2.24) is 14.9 Å². The Morgan fingerprint density at radius 3 is 2.61 bits per heavy atom. The van der Waals surface area contributed by atoms with E-state index in [1.165, 1.54) is 6.20 Å². The van der Waals surface area contributed by atoms with Crippen LogP contribution in [-0.2, 0) is 9.47 Å². The maximum Gasteiger partial charge on any atom is 0.410 e. The lowest BCUT2D eigenvalue weighted by Crippen LogP contribution is -2.42. The number of ether oxygens (including phenoxy) is 3. The standard InChI is InChI=1S/C19H30N4O5/c1-7-26-15-14(16(24)27-8-2)11-20-17(21-15)23-10-9-13(12-23)22(6)18(25)28-19(3,4)5/h11,13H,7-10,12H2,1-6H3/t13-/m1/s1. The molecule has 0 aromatic carbocycles. The summed E-state index contributed by atoms with van der Waals surface area (Å²) in [7, 11) is 1.73. The number of nitrogens with zero attached hydrogens (tertiary/aromatic N) is 4. The molecule has 0 aliphatic carbocycles. The predicted octanol–water partition coefficient (Wildman–Crippen LogP) is 2.50. The average Bonchev–Trinajstić information content (AvgIpc) is 3.10. The molecule has 28 heavy (non-hydrogen) atoms. The summed E-state index contributed by atoms with van der Waals surface area (Å²) < 4.78 is 16.0. The first-order valence-corrected chi connectivity index (χ1v) is 9.54. The Bertz CT molecular complexity index is 704. The minimum absolute atomic E-state index is 0.0151. The third-order valence-corrected chi connectivity index (χ3v) is 4.19. The smallest absolute Gasteiger partial charge is 0.410 e. The summed E-state index contributed by atoms with van der Waals surface area (Å²) in [5.74, 6) is 0.146. The third-order valence-electron chi connectivity index (χ3n) is 4.19. The first-order chi connectivity index (χ1) is 13.2. The number of amides is 1. The normalized spacial score (nSPS) is 16.6. The first-order valence-electron chi connectivity index (χ1n) is 9.54. The molecule has 1 amide bonds. The van der Waals surface area contributed by atoms with Crippen molar-refractivity contribution in [3.05, 3.63) is 11.8 Å². The van der Waals surface area contributed by atoms with Gasteiger partial charge in [-0.25, -0.2) is 14.6 Å². The summed E-state index contributed by atoms with van der Waals surface area (Å²) >= 11 is 0. The van der Waals surface area contributed by atoms with Gasteiger partial charge in [-0.2, -0.15) is 4.98 Å². The molecule has 0 saturated carbocycles. The van der Waals surface area contributed by atoms with Gasteiger partial charge in [0.15, 0.2) is 0 Å². The van der Waals surface area contributed by atoms with Crippen LogP contribution < -0.4 is 9.64 Å². The van der Waals surface area contributed by atoms with Crippen LogP contribution in [0.5, 0.6) is 5.88 Å². The molecule has 0 radical (unpaired) electrons. The van der Waals surface area contributed by atoms with E-state index in [1.807, 2.05) is 32.6 Å². The van der Waals surface area contributed by atoms with Gasteiger partial charge >= 0.3 is 12.1 Å². The Morgan fingerprint density at radius 1 is 1.29 bits per heavy atom. The van der Waals surface area contributed by atoms with Gasteiger partial charge in [0.05, 0.1) is 25.5 Å². The van der Waals surface area contributed by atoms with Crippen molar-refractivity contribution in [2.45, 2.75) is 52.7 Å². The summed E-state index contributed by atoms with van der Waals surface area (Å²) in [5.41, 5.74) is -0.337. The molecule has 9 nitrogen and oxygen atoms in total. The summed E-state index contributed by atoms with van der Waals surface area (Å²) in [6.07, 6.45) is 1.84. The third kappa shape index (κ3) is 5.46. The van der Waals surface area contributed by atoms with E-state index >= 15 is 0 Å². The number of aromatic nitrogens is 2. The van der Waals surface area contributed by atoms with Gasteiger partial charge in [0.25, 0.3) is 0 Å². The number of esters is 1. The van der Waals surface area contributed by atoms with E-state index in [0.29, 0.717) is 25.6 Å². The maximum atomic E-state index is 12.3. The van der Waals surface area contributed by atoms with Gasteiger partial charge in [-0.05, 0) is 41.0 Å². The van der Waals surface area contributed by atoms with E-state index in [4.69, 9.17) is 14.2 Å². The van der Waals surface area contributed by atoms with Crippen LogP contribution in [-0.4, -0.2) is 71.9 Å². The highest BCUT2D eigenvalue weighted by atomic mass is 16.6. The monoisotopic (exact) mass is 394 g/mol. The van der Waals surface area contributed by atoms with Crippen LogP contribution in [0.2, 0.25) is 0 Å². The second-order valence-corrected chi connectivity index (χ2v) is 7.52. The maximum absolute atomic E-state index is 12.3. The first kappa shape index (κ1) is 21.7. The fraction of sp³-hybridized carbons (Fsp3) is 0.684. The highest BCUT2D eigenvalue weighted by molar-refractivity contribution is 5.91. The molecular formula is C19H30N4O5. The molecule has 156 valence electrons. The molecule has 0 bridgehead atoms. The SMILES string of the molecule is CCOC(=O)c1cnc(N2CC[C@@H](N(C)C(=O)OC(C)(C)C)C2)nc1OCC. The summed E-state index contributed by atoms with van der Waals surface area (Å²) in [6, 6.07) is -0.0151. The quantitative estimate of drug-likeness (QED) is 0.679.